The summed E-state index contributed by atoms with van der Waals surface area (Å²) in [5, 5.41) is 14.9. The van der Waals surface area contributed by atoms with Gasteiger partial charge in [0.15, 0.2) is 0 Å². The molecule has 40 heavy (non-hydrogen) atoms. The van der Waals surface area contributed by atoms with E-state index < -0.39 is 5.91 Å². The van der Waals surface area contributed by atoms with Gasteiger partial charge in [0.2, 0.25) is 5.91 Å². The van der Waals surface area contributed by atoms with Gasteiger partial charge in [-0.15, -0.1) is 0 Å². The average Bonchev–Trinajstić information content (AvgIpc) is 3.61. The van der Waals surface area contributed by atoms with Crippen LogP contribution in [0.5, 0.6) is 0 Å². The Morgan fingerprint density at radius 3 is 2.38 bits per heavy atom. The lowest BCUT2D eigenvalue weighted by molar-refractivity contribution is 0.0997. The van der Waals surface area contributed by atoms with Crippen LogP contribution in [0, 0.1) is 0 Å². The van der Waals surface area contributed by atoms with Gasteiger partial charge in [-0.2, -0.15) is 5.10 Å². The number of H-pyrrole nitrogens is 1. The lowest BCUT2D eigenvalue weighted by Crippen LogP contribution is -2.36. The molecule has 5 aromatic rings. The summed E-state index contributed by atoms with van der Waals surface area (Å²) < 4.78 is 2.05. The summed E-state index contributed by atoms with van der Waals surface area (Å²) in [6.45, 7) is 2.19. The number of nitrogens with zero attached hydrogens (tertiary/aromatic N) is 3. The molecule has 1 aliphatic rings. The molecule has 3 aromatic carbocycles. The third kappa shape index (κ3) is 5.32. The molecular formula is C31H31N7O2. The van der Waals surface area contributed by atoms with Crippen molar-refractivity contribution in [3.05, 3.63) is 96.2 Å². The van der Waals surface area contributed by atoms with Crippen LogP contribution in [0.25, 0.3) is 27.8 Å². The number of nitrogens with two attached hydrogens (primary N) is 1. The lowest BCUT2D eigenvalue weighted by Gasteiger charge is -2.30. The highest BCUT2D eigenvalue weighted by Gasteiger charge is 2.17. The molecule has 6 rings (SSSR count). The van der Waals surface area contributed by atoms with E-state index in [-0.39, 0.29) is 5.91 Å². The van der Waals surface area contributed by atoms with E-state index in [0.29, 0.717) is 28.7 Å². The van der Waals surface area contributed by atoms with E-state index in [1.807, 2.05) is 71.4 Å². The van der Waals surface area contributed by atoms with Crippen LogP contribution < -0.4 is 16.4 Å². The first-order valence-electron chi connectivity index (χ1n) is 13.4. The number of aromatic amines is 1. The first-order chi connectivity index (χ1) is 19.4. The van der Waals surface area contributed by atoms with E-state index in [4.69, 9.17) is 5.73 Å². The fraction of sp³-hybridized carbons (Fsp3) is 0.194. The number of hydrogen-bond acceptors (Lipinski definition) is 5. The van der Waals surface area contributed by atoms with Crippen LogP contribution in [0.15, 0.2) is 85.1 Å². The van der Waals surface area contributed by atoms with Gasteiger partial charge in [0, 0.05) is 46.4 Å². The summed E-state index contributed by atoms with van der Waals surface area (Å²) in [6.07, 6.45) is 4.21. The molecule has 2 amide bonds. The largest absolute Gasteiger partial charge is 0.382 e. The number of carbonyl (C=O) groups excluding carboxylic acids is 2. The minimum atomic E-state index is -0.454. The van der Waals surface area contributed by atoms with Crippen molar-refractivity contribution in [3.8, 4) is 16.9 Å². The van der Waals surface area contributed by atoms with E-state index >= 15 is 0 Å². The summed E-state index contributed by atoms with van der Waals surface area (Å²) in [7, 11) is 2.15. The second kappa shape index (κ2) is 10.7. The molecule has 2 aromatic heterocycles. The second-order valence-corrected chi connectivity index (χ2v) is 10.3. The number of fused-ring (bicyclic) bond motifs is 1. The Kier molecular flexibility index (Phi) is 6.79. The maximum atomic E-state index is 12.9. The minimum Gasteiger partial charge on any atom is -0.382 e. The molecule has 0 bridgehead atoms. The molecule has 0 spiro atoms. The summed E-state index contributed by atoms with van der Waals surface area (Å²) in [4.78, 5) is 26.7. The van der Waals surface area contributed by atoms with Gasteiger partial charge in [-0.25, -0.2) is 0 Å². The Hall–Kier alpha value is -4.89. The lowest BCUT2D eigenvalue weighted by atomic mass is 10.0. The van der Waals surface area contributed by atoms with Crippen molar-refractivity contribution in [2.24, 2.45) is 5.73 Å². The Balaban J connectivity index is 1.14. The molecule has 0 unspecified atom stereocenters. The number of carbonyl (C=O) groups is 2. The Labute approximate surface area is 232 Å². The number of amides is 2. The van der Waals surface area contributed by atoms with Gasteiger partial charge < -0.3 is 25.8 Å². The molecule has 1 saturated heterocycles. The average molecular weight is 534 g/mol. The number of nitrogens with one attached hydrogen (secondary N) is 3. The predicted molar refractivity (Wildman–Crippen MR) is 158 cm³/mol. The van der Waals surface area contributed by atoms with E-state index in [0.717, 1.165) is 53.8 Å². The number of aromatic nitrogens is 3. The van der Waals surface area contributed by atoms with Crippen molar-refractivity contribution in [2.75, 3.05) is 30.8 Å². The second-order valence-electron chi connectivity index (χ2n) is 10.3. The number of anilines is 2. The van der Waals surface area contributed by atoms with Crippen LogP contribution in [-0.4, -0.2) is 57.7 Å². The zero-order chi connectivity index (χ0) is 27.6. The van der Waals surface area contributed by atoms with Crippen molar-refractivity contribution in [1.29, 1.82) is 0 Å². The van der Waals surface area contributed by atoms with Crippen molar-refractivity contribution >= 4 is 34.2 Å². The number of rotatable bonds is 7. The smallest absolute Gasteiger partial charge is 0.256 e. The van der Waals surface area contributed by atoms with Crippen LogP contribution in [0.4, 0.5) is 11.5 Å². The van der Waals surface area contributed by atoms with E-state index in [1.165, 1.54) is 0 Å². The molecule has 0 radical (unpaired) electrons. The molecule has 9 nitrogen and oxygen atoms in total. The summed E-state index contributed by atoms with van der Waals surface area (Å²) >= 11 is 0. The molecule has 5 N–H and O–H groups in total. The first-order valence-corrected chi connectivity index (χ1v) is 13.4. The van der Waals surface area contributed by atoms with Crippen molar-refractivity contribution < 1.29 is 9.59 Å². The Morgan fingerprint density at radius 2 is 1.65 bits per heavy atom. The molecule has 0 atom stereocenters. The number of benzene rings is 3. The van der Waals surface area contributed by atoms with Gasteiger partial charge in [-0.3, -0.25) is 14.7 Å². The standard InChI is InChI=1S/C31H31N7O2/c1-37-15-13-25(14-16-37)33-24-8-4-22(5-9-24)31(40)34-29-19-27(35-36-29)23-3-2-20-12-17-38(28(20)18-23)26-10-6-21(7-11-26)30(32)39/h2-12,17-19,25,33H,13-16H2,1H3,(H2,32,39)(H2,34,35,36,40). The number of piperidine rings is 1. The summed E-state index contributed by atoms with van der Waals surface area (Å²) in [6, 6.07) is 25.2. The first kappa shape index (κ1) is 25.4. The normalized spacial score (nSPS) is 14.3. The van der Waals surface area contributed by atoms with Gasteiger partial charge in [0.25, 0.3) is 5.91 Å². The van der Waals surface area contributed by atoms with Crippen LogP contribution in [-0.2, 0) is 0 Å². The fourth-order valence-corrected chi connectivity index (χ4v) is 5.13. The quantitative estimate of drug-likeness (QED) is 0.238. The summed E-state index contributed by atoms with van der Waals surface area (Å²) in [5.74, 6) is -0.138. The Morgan fingerprint density at radius 1 is 0.925 bits per heavy atom. The molecule has 0 saturated carbocycles. The molecule has 3 heterocycles. The molecule has 0 aliphatic carbocycles. The number of likely N-dealkylation sites (tertiary alicyclic amines) is 1. The summed E-state index contributed by atoms with van der Waals surface area (Å²) in [5.41, 5.74) is 11.0. The van der Waals surface area contributed by atoms with Gasteiger partial charge in [0.05, 0.1) is 11.2 Å². The van der Waals surface area contributed by atoms with Crippen LogP contribution in [0.3, 0.4) is 0 Å². The number of primary amides is 1. The van der Waals surface area contributed by atoms with Crippen molar-refractivity contribution in [2.45, 2.75) is 18.9 Å². The monoisotopic (exact) mass is 533 g/mol. The van der Waals surface area contributed by atoms with E-state index in [2.05, 4.69) is 38.8 Å². The number of hydrogen-bond donors (Lipinski definition) is 4. The van der Waals surface area contributed by atoms with E-state index in [9.17, 15) is 9.59 Å². The highest BCUT2D eigenvalue weighted by atomic mass is 16.2. The van der Waals surface area contributed by atoms with Gasteiger partial charge in [-0.1, -0.05) is 12.1 Å². The Bertz CT molecular complexity index is 1660. The molecular weight excluding hydrogens is 502 g/mol. The minimum absolute atomic E-state index is 0.204. The highest BCUT2D eigenvalue weighted by Crippen LogP contribution is 2.28. The van der Waals surface area contributed by atoms with Crippen molar-refractivity contribution in [1.82, 2.24) is 19.7 Å². The third-order valence-corrected chi connectivity index (χ3v) is 7.48. The topological polar surface area (TPSA) is 121 Å². The molecule has 202 valence electrons. The van der Waals surface area contributed by atoms with Gasteiger partial charge in [-0.05, 0) is 99.0 Å². The SMILES string of the molecule is CN1CCC(Nc2ccc(C(=O)Nc3cc(-c4ccc5ccn(-c6ccc(C(N)=O)cc6)c5c4)n[nH]3)cc2)CC1. The van der Waals surface area contributed by atoms with Crippen molar-refractivity contribution in [3.63, 3.8) is 0 Å². The van der Waals surface area contributed by atoms with Crippen LogP contribution >= 0.6 is 0 Å². The maximum Gasteiger partial charge on any atom is 0.256 e. The molecule has 1 aliphatic heterocycles. The maximum absolute atomic E-state index is 12.9. The van der Waals surface area contributed by atoms with E-state index in [1.54, 1.807) is 12.1 Å². The van der Waals surface area contributed by atoms with Gasteiger partial charge in [0.1, 0.15) is 5.82 Å². The van der Waals surface area contributed by atoms with Crippen LogP contribution in [0.1, 0.15) is 33.6 Å². The third-order valence-electron chi connectivity index (χ3n) is 7.48. The predicted octanol–water partition coefficient (Wildman–Crippen LogP) is 4.88. The zero-order valence-electron chi connectivity index (χ0n) is 22.2. The fourth-order valence-electron chi connectivity index (χ4n) is 5.13. The molecule has 9 heteroatoms. The highest BCUT2D eigenvalue weighted by molar-refractivity contribution is 6.04. The zero-order valence-corrected chi connectivity index (χ0v) is 22.2. The van der Waals surface area contributed by atoms with Crippen LogP contribution in [0.2, 0.25) is 0 Å². The van der Waals surface area contributed by atoms with Gasteiger partial charge >= 0.3 is 0 Å². The molecule has 1 fully saturated rings.